The minimum atomic E-state index is -3.74. The molecule has 0 N–H and O–H groups in total. The van der Waals surface area contributed by atoms with Crippen LogP contribution in [0.5, 0.6) is 11.5 Å². The van der Waals surface area contributed by atoms with E-state index in [-0.39, 0.29) is 29.6 Å². The van der Waals surface area contributed by atoms with E-state index in [1.54, 1.807) is 17.0 Å². The van der Waals surface area contributed by atoms with Crippen molar-refractivity contribution in [2.75, 3.05) is 53.5 Å². The van der Waals surface area contributed by atoms with Crippen LogP contribution in [0.1, 0.15) is 26.2 Å². The van der Waals surface area contributed by atoms with Gasteiger partial charge in [-0.15, -0.1) is 0 Å². The molecule has 29 heavy (non-hydrogen) atoms. The van der Waals surface area contributed by atoms with Gasteiger partial charge in [0.1, 0.15) is 16.4 Å². The summed E-state index contributed by atoms with van der Waals surface area (Å²) in [4.78, 5) is 16.8. The molecule has 2 heterocycles. The number of hydrogen-bond donors (Lipinski definition) is 0. The van der Waals surface area contributed by atoms with E-state index >= 15 is 0 Å². The highest BCUT2D eigenvalue weighted by Gasteiger charge is 2.33. The predicted octanol–water partition coefficient (Wildman–Crippen LogP) is 1.41. The van der Waals surface area contributed by atoms with Crippen molar-refractivity contribution in [3.8, 4) is 11.5 Å². The maximum absolute atomic E-state index is 13.2. The van der Waals surface area contributed by atoms with Gasteiger partial charge in [0.2, 0.25) is 15.9 Å². The van der Waals surface area contributed by atoms with Gasteiger partial charge in [-0.2, -0.15) is 4.31 Å². The second kappa shape index (κ2) is 9.32. The number of rotatable bonds is 6. The first-order valence-corrected chi connectivity index (χ1v) is 11.5. The molecular weight excluding hydrogens is 394 g/mol. The Morgan fingerprint density at radius 2 is 1.79 bits per heavy atom. The molecule has 0 spiro atoms. The van der Waals surface area contributed by atoms with Crippen LogP contribution in [0.25, 0.3) is 0 Å². The molecular formula is C20H31N3O5S. The van der Waals surface area contributed by atoms with E-state index in [4.69, 9.17) is 9.47 Å². The number of piperazine rings is 1. The van der Waals surface area contributed by atoms with E-state index in [0.717, 1.165) is 19.4 Å². The zero-order valence-corrected chi connectivity index (χ0v) is 18.3. The lowest BCUT2D eigenvalue weighted by Crippen LogP contribution is -2.53. The normalized spacial score (nSPS) is 21.8. The van der Waals surface area contributed by atoms with Gasteiger partial charge in [-0.1, -0.05) is 6.42 Å². The number of likely N-dealkylation sites (tertiary alicyclic amines) is 1. The molecule has 162 valence electrons. The SMILES string of the molecule is COc1ccc(OC)c(S(=O)(=O)N2CCN(C(=O)CN3CCCCC3C)CC2)c1. The molecule has 2 aliphatic rings. The molecule has 2 fully saturated rings. The number of ether oxygens (including phenoxy) is 2. The summed E-state index contributed by atoms with van der Waals surface area (Å²) < 4.78 is 38.1. The van der Waals surface area contributed by atoms with Gasteiger partial charge >= 0.3 is 0 Å². The quantitative estimate of drug-likeness (QED) is 0.686. The molecule has 8 nitrogen and oxygen atoms in total. The summed E-state index contributed by atoms with van der Waals surface area (Å²) >= 11 is 0. The number of sulfonamides is 1. The van der Waals surface area contributed by atoms with Crippen molar-refractivity contribution in [1.82, 2.24) is 14.1 Å². The Morgan fingerprint density at radius 3 is 2.41 bits per heavy atom. The number of benzene rings is 1. The smallest absolute Gasteiger partial charge is 0.247 e. The van der Waals surface area contributed by atoms with Gasteiger partial charge in [-0.3, -0.25) is 9.69 Å². The minimum Gasteiger partial charge on any atom is -0.497 e. The first-order valence-electron chi connectivity index (χ1n) is 10.1. The third-order valence-electron chi connectivity index (χ3n) is 5.86. The van der Waals surface area contributed by atoms with E-state index in [0.29, 0.717) is 31.4 Å². The lowest BCUT2D eigenvalue weighted by atomic mass is 10.0. The van der Waals surface area contributed by atoms with Crippen molar-refractivity contribution in [3.63, 3.8) is 0 Å². The average molecular weight is 426 g/mol. The molecule has 0 aliphatic carbocycles. The molecule has 3 rings (SSSR count). The Bertz CT molecular complexity index is 821. The Hall–Kier alpha value is -1.84. The predicted molar refractivity (Wildman–Crippen MR) is 110 cm³/mol. The summed E-state index contributed by atoms with van der Waals surface area (Å²) in [7, 11) is -0.807. The summed E-state index contributed by atoms with van der Waals surface area (Å²) in [5.41, 5.74) is 0. The molecule has 1 amide bonds. The minimum absolute atomic E-state index is 0.0785. The molecule has 1 aromatic rings. The molecule has 0 radical (unpaired) electrons. The van der Waals surface area contributed by atoms with Crippen molar-refractivity contribution >= 4 is 15.9 Å². The fourth-order valence-corrected chi connectivity index (χ4v) is 5.56. The molecule has 1 atom stereocenters. The second-order valence-corrected chi connectivity index (χ2v) is 9.52. The topological polar surface area (TPSA) is 79.4 Å². The maximum atomic E-state index is 13.2. The van der Waals surface area contributed by atoms with Gasteiger partial charge in [0.25, 0.3) is 0 Å². The Labute approximate surface area is 173 Å². The number of hydrogen-bond acceptors (Lipinski definition) is 6. The lowest BCUT2D eigenvalue weighted by molar-refractivity contribution is -0.134. The number of nitrogens with zero attached hydrogens (tertiary/aromatic N) is 3. The highest BCUT2D eigenvalue weighted by atomic mass is 32.2. The first kappa shape index (κ1) is 21.9. The maximum Gasteiger partial charge on any atom is 0.247 e. The highest BCUT2D eigenvalue weighted by molar-refractivity contribution is 7.89. The Balaban J connectivity index is 1.64. The number of piperidine rings is 1. The van der Waals surface area contributed by atoms with Crippen LogP contribution in [0.15, 0.2) is 23.1 Å². The van der Waals surface area contributed by atoms with Crippen LogP contribution < -0.4 is 9.47 Å². The van der Waals surface area contributed by atoms with Crippen molar-refractivity contribution < 1.29 is 22.7 Å². The van der Waals surface area contributed by atoms with Gasteiger partial charge in [-0.05, 0) is 38.4 Å². The number of amides is 1. The van der Waals surface area contributed by atoms with Gasteiger partial charge in [0.15, 0.2) is 0 Å². The van der Waals surface area contributed by atoms with Crippen LogP contribution in [0.4, 0.5) is 0 Å². The van der Waals surface area contributed by atoms with E-state index in [2.05, 4.69) is 11.8 Å². The zero-order chi connectivity index (χ0) is 21.0. The molecule has 0 bridgehead atoms. The van der Waals surface area contributed by atoms with Crippen molar-refractivity contribution in [2.24, 2.45) is 0 Å². The van der Waals surface area contributed by atoms with Crippen LogP contribution in [-0.4, -0.2) is 88.0 Å². The molecule has 1 aromatic carbocycles. The van der Waals surface area contributed by atoms with Crippen LogP contribution in [-0.2, 0) is 14.8 Å². The van der Waals surface area contributed by atoms with E-state index < -0.39 is 10.0 Å². The fraction of sp³-hybridized carbons (Fsp3) is 0.650. The van der Waals surface area contributed by atoms with Crippen LogP contribution in [0.2, 0.25) is 0 Å². The van der Waals surface area contributed by atoms with Gasteiger partial charge in [-0.25, -0.2) is 8.42 Å². The lowest BCUT2D eigenvalue weighted by Gasteiger charge is -2.37. The van der Waals surface area contributed by atoms with Gasteiger partial charge < -0.3 is 14.4 Å². The number of methoxy groups -OCH3 is 2. The third kappa shape index (κ3) is 4.84. The van der Waals surface area contributed by atoms with E-state index in [1.807, 2.05) is 0 Å². The largest absolute Gasteiger partial charge is 0.497 e. The molecule has 0 aromatic heterocycles. The molecule has 2 aliphatic heterocycles. The summed E-state index contributed by atoms with van der Waals surface area (Å²) in [6.45, 7) is 4.86. The summed E-state index contributed by atoms with van der Waals surface area (Å²) in [6, 6.07) is 5.15. The number of carbonyl (C=O) groups excluding carboxylic acids is 1. The van der Waals surface area contributed by atoms with Crippen LogP contribution in [0, 0.1) is 0 Å². The number of carbonyl (C=O) groups is 1. The Kier molecular flexibility index (Phi) is 7.02. The first-order chi connectivity index (χ1) is 13.9. The zero-order valence-electron chi connectivity index (χ0n) is 17.5. The molecule has 0 saturated carbocycles. The summed E-state index contributed by atoms with van der Waals surface area (Å²) in [5, 5.41) is 0. The van der Waals surface area contributed by atoms with Crippen molar-refractivity contribution in [2.45, 2.75) is 37.1 Å². The third-order valence-corrected chi connectivity index (χ3v) is 7.78. The second-order valence-electron chi connectivity index (χ2n) is 7.62. The monoisotopic (exact) mass is 425 g/mol. The van der Waals surface area contributed by atoms with Crippen LogP contribution >= 0.6 is 0 Å². The standard InChI is InChI=1S/C20H31N3O5S/c1-16-6-4-5-9-22(16)15-20(24)21-10-12-23(13-11-21)29(25,26)19-14-17(27-2)7-8-18(19)28-3/h7-8,14,16H,4-6,9-13,15H2,1-3H3. The fourth-order valence-electron chi connectivity index (χ4n) is 3.97. The van der Waals surface area contributed by atoms with E-state index in [9.17, 15) is 13.2 Å². The summed E-state index contributed by atoms with van der Waals surface area (Å²) in [5.74, 6) is 0.812. The van der Waals surface area contributed by atoms with Crippen molar-refractivity contribution in [1.29, 1.82) is 0 Å². The average Bonchev–Trinajstić information content (AvgIpc) is 2.74. The van der Waals surface area contributed by atoms with Crippen molar-refractivity contribution in [3.05, 3.63) is 18.2 Å². The van der Waals surface area contributed by atoms with Crippen LogP contribution in [0.3, 0.4) is 0 Å². The van der Waals surface area contributed by atoms with Gasteiger partial charge in [0.05, 0.1) is 20.8 Å². The Morgan fingerprint density at radius 1 is 1.07 bits per heavy atom. The van der Waals surface area contributed by atoms with E-state index in [1.165, 1.54) is 31.0 Å². The molecule has 9 heteroatoms. The molecule has 2 saturated heterocycles. The highest BCUT2D eigenvalue weighted by Crippen LogP contribution is 2.31. The summed E-state index contributed by atoms with van der Waals surface area (Å²) in [6.07, 6.45) is 3.48. The molecule has 1 unspecified atom stereocenters. The van der Waals surface area contributed by atoms with Gasteiger partial charge in [0, 0.05) is 38.3 Å².